The van der Waals surface area contributed by atoms with Crippen LogP contribution in [0.4, 0.5) is 14.3 Å². The van der Waals surface area contributed by atoms with E-state index < -0.39 is 29.3 Å². The number of benzene rings is 1. The molecule has 1 aromatic carbocycles. The van der Waals surface area contributed by atoms with E-state index in [1.54, 1.807) is 6.92 Å². The van der Waals surface area contributed by atoms with Gasteiger partial charge in [0.05, 0.1) is 22.0 Å². The van der Waals surface area contributed by atoms with Crippen LogP contribution in [-0.2, 0) is 16.1 Å². The molecule has 2 unspecified atom stereocenters. The summed E-state index contributed by atoms with van der Waals surface area (Å²) in [7, 11) is 0. The first-order valence-electron chi connectivity index (χ1n) is 7.56. The number of ether oxygens (including phenoxy) is 1. The molecule has 0 aliphatic heterocycles. The minimum absolute atomic E-state index is 0.163. The monoisotopic (exact) mass is 429 g/mol. The molecule has 2 aromatic rings. The lowest BCUT2D eigenvalue weighted by molar-refractivity contribution is 0.192. The van der Waals surface area contributed by atoms with E-state index in [0.717, 1.165) is 11.3 Å². The highest BCUT2D eigenvalue weighted by molar-refractivity contribution is 7.93. The molecule has 0 aliphatic carbocycles. The minimum atomic E-state index is -1.57. The molecule has 2 N–H and O–H groups in total. The number of carbonyl (C=O) groups excluding carboxylic acids is 1. The normalized spacial score (nSPS) is 12.9. The Morgan fingerprint density at radius 3 is 2.74 bits per heavy atom. The average Bonchev–Trinajstić information content (AvgIpc) is 3.00. The van der Waals surface area contributed by atoms with Crippen LogP contribution in [0.15, 0.2) is 48.2 Å². The van der Waals surface area contributed by atoms with E-state index in [4.69, 9.17) is 16.3 Å². The molecule has 10 heteroatoms. The summed E-state index contributed by atoms with van der Waals surface area (Å²) in [5, 5.41) is 2.90. The van der Waals surface area contributed by atoms with Crippen molar-refractivity contribution in [2.45, 2.75) is 19.9 Å². The standard InChI is InChI=1S/C17H17ClFN3O3S2/c1-9(2)25-17(23)21-16-20-8-14(26-16)15(22-27(24)10(3)4)12-6-5-11(19)7-13(12)18/h5-8,15,22H,1,3H2,2,4H3,(H,20,21,23). The molecule has 6 nitrogen and oxygen atoms in total. The lowest BCUT2D eigenvalue weighted by atomic mass is 10.1. The van der Waals surface area contributed by atoms with Gasteiger partial charge in [0.2, 0.25) is 0 Å². The van der Waals surface area contributed by atoms with Crippen LogP contribution in [0.5, 0.6) is 0 Å². The smallest absolute Gasteiger partial charge is 0.418 e. The van der Waals surface area contributed by atoms with Gasteiger partial charge in [-0.2, -0.15) is 0 Å². The van der Waals surface area contributed by atoms with Gasteiger partial charge >= 0.3 is 6.09 Å². The molecule has 2 rings (SSSR count). The SMILES string of the molecule is C=C(C)OC(=O)Nc1ncc(C(N[S+]([O-])C(=C)C)c2ccc(F)cc2Cl)s1. The van der Waals surface area contributed by atoms with Gasteiger partial charge in [0.1, 0.15) is 16.8 Å². The number of halogens is 2. The summed E-state index contributed by atoms with van der Waals surface area (Å²) < 4.78 is 33.4. The highest BCUT2D eigenvalue weighted by Gasteiger charge is 2.26. The number of anilines is 1. The molecule has 0 spiro atoms. The number of rotatable bonds is 7. The first-order valence-corrected chi connectivity index (χ1v) is 9.90. The Hall–Kier alpha value is -1.91. The molecule has 0 aliphatic rings. The lowest BCUT2D eigenvalue weighted by Gasteiger charge is -2.20. The van der Waals surface area contributed by atoms with E-state index in [0.29, 0.717) is 15.3 Å². The molecule has 0 saturated carbocycles. The van der Waals surface area contributed by atoms with E-state index in [1.807, 2.05) is 0 Å². The van der Waals surface area contributed by atoms with E-state index in [9.17, 15) is 13.7 Å². The maximum absolute atomic E-state index is 13.4. The van der Waals surface area contributed by atoms with Gasteiger partial charge in [-0.25, -0.2) is 14.2 Å². The highest BCUT2D eigenvalue weighted by atomic mass is 35.5. The fourth-order valence-corrected chi connectivity index (χ4v) is 3.86. The topological polar surface area (TPSA) is 86.3 Å². The van der Waals surface area contributed by atoms with Gasteiger partial charge in [-0.15, -0.1) is 4.72 Å². The second-order valence-electron chi connectivity index (χ2n) is 5.47. The summed E-state index contributed by atoms with van der Waals surface area (Å²) in [6, 6.07) is 3.26. The molecule has 0 saturated heterocycles. The Labute approximate surface area is 168 Å². The molecule has 27 heavy (non-hydrogen) atoms. The van der Waals surface area contributed by atoms with E-state index >= 15 is 0 Å². The number of hydrogen-bond acceptors (Lipinski definition) is 6. The lowest BCUT2D eigenvalue weighted by Crippen LogP contribution is -2.29. The molecule has 1 heterocycles. The molecule has 2 atom stereocenters. The second kappa shape index (κ2) is 9.34. The van der Waals surface area contributed by atoms with Crippen molar-refractivity contribution < 1.29 is 18.5 Å². The third-order valence-corrected chi connectivity index (χ3v) is 5.49. The summed E-state index contributed by atoms with van der Waals surface area (Å²) in [4.78, 5) is 16.8. The predicted molar refractivity (Wildman–Crippen MR) is 106 cm³/mol. The van der Waals surface area contributed by atoms with Crippen molar-refractivity contribution in [1.82, 2.24) is 9.71 Å². The van der Waals surface area contributed by atoms with Crippen LogP contribution >= 0.6 is 22.9 Å². The zero-order chi connectivity index (χ0) is 20.1. The van der Waals surface area contributed by atoms with Crippen molar-refractivity contribution >= 4 is 45.5 Å². The number of nitrogens with zero attached hydrogens (tertiary/aromatic N) is 1. The van der Waals surface area contributed by atoms with Gasteiger partial charge in [-0.05, 0) is 31.2 Å². The largest absolute Gasteiger partial charge is 0.593 e. The molecule has 1 amide bonds. The number of carbonyl (C=O) groups is 1. The third kappa shape index (κ3) is 6.05. The maximum Gasteiger partial charge on any atom is 0.418 e. The van der Waals surface area contributed by atoms with Crippen LogP contribution in [-0.4, -0.2) is 15.6 Å². The van der Waals surface area contributed by atoms with Gasteiger partial charge < -0.3 is 9.29 Å². The van der Waals surface area contributed by atoms with Crippen molar-refractivity contribution in [3.63, 3.8) is 0 Å². The zero-order valence-corrected chi connectivity index (χ0v) is 16.9. The van der Waals surface area contributed by atoms with E-state index in [1.165, 1.54) is 31.3 Å². The number of allylic oxidation sites excluding steroid dienone is 2. The van der Waals surface area contributed by atoms with Crippen LogP contribution in [0.25, 0.3) is 0 Å². The number of thiazole rings is 1. The summed E-state index contributed by atoms with van der Waals surface area (Å²) in [5.74, 6) is -0.253. The minimum Gasteiger partial charge on any atom is -0.593 e. The van der Waals surface area contributed by atoms with Crippen LogP contribution in [0, 0.1) is 5.82 Å². The van der Waals surface area contributed by atoms with Crippen LogP contribution in [0.2, 0.25) is 5.02 Å². The summed E-state index contributed by atoms with van der Waals surface area (Å²) >= 11 is 5.73. The van der Waals surface area contributed by atoms with Crippen LogP contribution in [0.3, 0.4) is 0 Å². The fourth-order valence-electron chi connectivity index (χ4n) is 1.97. The van der Waals surface area contributed by atoms with Gasteiger partial charge in [-0.3, -0.25) is 5.32 Å². The fraction of sp³-hybridized carbons (Fsp3) is 0.176. The molecule has 0 fully saturated rings. The van der Waals surface area contributed by atoms with E-state index in [-0.39, 0.29) is 15.9 Å². The Morgan fingerprint density at radius 2 is 2.15 bits per heavy atom. The third-order valence-electron chi connectivity index (χ3n) is 3.10. The van der Waals surface area contributed by atoms with Crippen molar-refractivity contribution in [3.8, 4) is 0 Å². The zero-order valence-electron chi connectivity index (χ0n) is 14.5. The van der Waals surface area contributed by atoms with Gasteiger partial charge in [0.15, 0.2) is 5.13 Å². The summed E-state index contributed by atoms with van der Waals surface area (Å²) in [6.45, 7) is 10.3. The number of amides is 1. The first kappa shape index (κ1) is 21.4. The molecule has 1 aromatic heterocycles. The van der Waals surface area contributed by atoms with Crippen molar-refractivity contribution in [2.75, 3.05) is 5.32 Å². The Balaban J connectivity index is 2.32. The Bertz CT molecular complexity index is 875. The predicted octanol–water partition coefficient (Wildman–Crippen LogP) is 4.89. The van der Waals surface area contributed by atoms with Crippen molar-refractivity contribution in [3.05, 3.63) is 69.5 Å². The van der Waals surface area contributed by atoms with Gasteiger partial charge in [0, 0.05) is 18.1 Å². The first-order chi connectivity index (χ1) is 12.7. The van der Waals surface area contributed by atoms with Crippen molar-refractivity contribution in [2.24, 2.45) is 0 Å². The second-order valence-corrected chi connectivity index (χ2v) is 8.41. The molecule has 0 bridgehead atoms. The Kier molecular flexibility index (Phi) is 7.40. The average molecular weight is 430 g/mol. The van der Waals surface area contributed by atoms with Gasteiger partial charge in [0.25, 0.3) is 0 Å². The maximum atomic E-state index is 13.4. The van der Waals surface area contributed by atoms with Crippen LogP contribution in [0.1, 0.15) is 30.3 Å². The summed E-state index contributed by atoms with van der Waals surface area (Å²) in [6.07, 6.45) is 0.770. The van der Waals surface area contributed by atoms with Crippen molar-refractivity contribution in [1.29, 1.82) is 0 Å². The molecular formula is C17H17ClFN3O3S2. The molecule has 144 valence electrons. The molecule has 0 radical (unpaired) electrons. The number of nitrogens with one attached hydrogen (secondary N) is 2. The number of aromatic nitrogens is 1. The molecular weight excluding hydrogens is 413 g/mol. The quantitative estimate of drug-likeness (QED) is 0.483. The van der Waals surface area contributed by atoms with Gasteiger partial charge in [-0.1, -0.05) is 35.6 Å². The number of hydrogen-bond donors (Lipinski definition) is 2. The van der Waals surface area contributed by atoms with Crippen LogP contribution < -0.4 is 10.0 Å². The highest BCUT2D eigenvalue weighted by Crippen LogP contribution is 2.34. The Morgan fingerprint density at radius 1 is 1.44 bits per heavy atom. The van der Waals surface area contributed by atoms with E-state index in [2.05, 4.69) is 28.2 Å². The summed E-state index contributed by atoms with van der Waals surface area (Å²) in [5.41, 5.74) is 0.507.